The van der Waals surface area contributed by atoms with Gasteiger partial charge in [0, 0.05) is 12.8 Å². The van der Waals surface area contributed by atoms with Crippen LogP contribution in [0.1, 0.15) is 245 Å². The van der Waals surface area contributed by atoms with E-state index in [4.69, 9.17) is 9.47 Å². The molecule has 3 N–H and O–H groups in total. The molecular formula is C47H88O7. The van der Waals surface area contributed by atoms with Crippen molar-refractivity contribution in [2.24, 2.45) is 0 Å². The zero-order valence-electron chi connectivity index (χ0n) is 35.5. The Balaban J connectivity index is 3.82. The Morgan fingerprint density at radius 1 is 0.444 bits per heavy atom. The van der Waals surface area contributed by atoms with Gasteiger partial charge in [0.25, 0.3) is 0 Å². The molecule has 0 aliphatic carbocycles. The minimum atomic E-state index is -2.88. The highest BCUT2D eigenvalue weighted by atomic mass is 16.8. The van der Waals surface area contributed by atoms with Crippen molar-refractivity contribution in [3.63, 3.8) is 0 Å². The monoisotopic (exact) mass is 765 g/mol. The van der Waals surface area contributed by atoms with E-state index in [0.29, 0.717) is 12.8 Å². The molecule has 0 amide bonds. The molecule has 0 aromatic rings. The van der Waals surface area contributed by atoms with Gasteiger partial charge in [0.05, 0.1) is 6.61 Å². The fourth-order valence-corrected chi connectivity index (χ4v) is 6.79. The van der Waals surface area contributed by atoms with E-state index >= 15 is 0 Å². The van der Waals surface area contributed by atoms with E-state index < -0.39 is 30.6 Å². The number of carbonyl (C=O) groups excluding carboxylic acids is 2. The summed E-state index contributed by atoms with van der Waals surface area (Å²) in [4.78, 5) is 24.8. The third-order valence-electron chi connectivity index (χ3n) is 10.4. The van der Waals surface area contributed by atoms with Crippen LogP contribution in [-0.2, 0) is 19.1 Å². The molecular weight excluding hydrogens is 677 g/mol. The van der Waals surface area contributed by atoms with Gasteiger partial charge in [-0.05, 0) is 64.2 Å². The summed E-state index contributed by atoms with van der Waals surface area (Å²) in [5.41, 5.74) is 0. The predicted octanol–water partition coefficient (Wildman–Crippen LogP) is 13.3. The maximum Gasteiger partial charge on any atom is 0.403 e. The molecule has 7 nitrogen and oxygen atoms in total. The smallest absolute Gasteiger partial charge is 0.396 e. The van der Waals surface area contributed by atoms with Crippen LogP contribution in [0.2, 0.25) is 0 Å². The standard InChI is InChI=1S/C47H88O7/c1-3-5-7-9-11-13-15-17-19-21-23-25-27-29-31-33-35-37-39-41-45(50)53-47(52,44(49)43-48)54-46(51)42-40-38-36-34-32-30-28-26-24-22-20-18-16-14-12-10-8-6-4-2/h17-20,44,48-49,52H,3-16,21-43H2,1-2H3/b19-17-,20-18-. The lowest BCUT2D eigenvalue weighted by atomic mass is 10.1. The van der Waals surface area contributed by atoms with Crippen molar-refractivity contribution in [2.45, 2.75) is 257 Å². The van der Waals surface area contributed by atoms with Crippen molar-refractivity contribution in [1.82, 2.24) is 0 Å². The van der Waals surface area contributed by atoms with Crippen molar-refractivity contribution >= 4 is 11.9 Å². The number of esters is 2. The average Bonchev–Trinajstić information content (AvgIpc) is 3.16. The van der Waals surface area contributed by atoms with E-state index in [1.165, 1.54) is 167 Å². The Bertz CT molecular complexity index is 808. The minimum Gasteiger partial charge on any atom is -0.396 e. The summed E-state index contributed by atoms with van der Waals surface area (Å²) in [6.45, 7) is 3.61. The first kappa shape index (κ1) is 52.3. The summed E-state index contributed by atoms with van der Waals surface area (Å²) >= 11 is 0. The summed E-state index contributed by atoms with van der Waals surface area (Å²) in [5, 5.41) is 30.1. The van der Waals surface area contributed by atoms with E-state index in [1.807, 2.05) is 0 Å². The quantitative estimate of drug-likeness (QED) is 0.0245. The Hall–Kier alpha value is -1.70. The molecule has 0 rings (SSSR count). The molecule has 0 aromatic heterocycles. The molecule has 0 saturated heterocycles. The first-order chi connectivity index (χ1) is 26.4. The lowest BCUT2D eigenvalue weighted by Crippen LogP contribution is -2.51. The molecule has 0 heterocycles. The molecule has 7 heteroatoms. The Labute approximate surface area is 333 Å². The number of ether oxygens (including phenoxy) is 2. The zero-order chi connectivity index (χ0) is 39.6. The van der Waals surface area contributed by atoms with Gasteiger partial charge in [-0.15, -0.1) is 0 Å². The molecule has 0 aliphatic rings. The van der Waals surface area contributed by atoms with Crippen molar-refractivity contribution in [1.29, 1.82) is 0 Å². The van der Waals surface area contributed by atoms with E-state index in [9.17, 15) is 24.9 Å². The molecule has 0 fully saturated rings. The maximum absolute atomic E-state index is 12.4. The van der Waals surface area contributed by atoms with Gasteiger partial charge >= 0.3 is 17.9 Å². The fourth-order valence-electron chi connectivity index (χ4n) is 6.79. The maximum atomic E-state index is 12.4. The summed E-state index contributed by atoms with van der Waals surface area (Å²) in [6.07, 6.45) is 48.3. The topological polar surface area (TPSA) is 113 Å². The van der Waals surface area contributed by atoms with Crippen molar-refractivity contribution in [2.75, 3.05) is 6.61 Å². The molecule has 54 heavy (non-hydrogen) atoms. The van der Waals surface area contributed by atoms with Gasteiger partial charge in [-0.3, -0.25) is 9.59 Å². The number of unbranched alkanes of at least 4 members (excludes halogenated alkanes) is 30. The van der Waals surface area contributed by atoms with Gasteiger partial charge in [-0.25, -0.2) is 0 Å². The number of hydrogen-bond acceptors (Lipinski definition) is 7. The van der Waals surface area contributed by atoms with Crippen molar-refractivity contribution in [3.8, 4) is 0 Å². The lowest BCUT2D eigenvalue weighted by Gasteiger charge is -2.30. The van der Waals surface area contributed by atoms with Crippen LogP contribution < -0.4 is 0 Å². The molecule has 0 bridgehead atoms. The van der Waals surface area contributed by atoms with E-state index in [0.717, 1.165) is 38.5 Å². The molecule has 1 unspecified atom stereocenters. The number of aliphatic hydroxyl groups is 3. The van der Waals surface area contributed by atoms with Crippen molar-refractivity contribution in [3.05, 3.63) is 24.3 Å². The van der Waals surface area contributed by atoms with Gasteiger partial charge in [0.2, 0.25) is 0 Å². The van der Waals surface area contributed by atoms with Crippen LogP contribution in [0.25, 0.3) is 0 Å². The number of carbonyl (C=O) groups is 2. The van der Waals surface area contributed by atoms with Gasteiger partial charge in [-0.2, -0.15) is 0 Å². The molecule has 0 spiro atoms. The van der Waals surface area contributed by atoms with Crippen LogP contribution >= 0.6 is 0 Å². The van der Waals surface area contributed by atoms with E-state index in [-0.39, 0.29) is 12.8 Å². The molecule has 0 radical (unpaired) electrons. The van der Waals surface area contributed by atoms with Gasteiger partial charge in [-0.1, -0.05) is 192 Å². The first-order valence-electron chi connectivity index (χ1n) is 23.1. The second kappa shape index (κ2) is 40.9. The highest BCUT2D eigenvalue weighted by Crippen LogP contribution is 2.20. The van der Waals surface area contributed by atoms with Crippen LogP contribution in [0.3, 0.4) is 0 Å². The van der Waals surface area contributed by atoms with Gasteiger partial charge in [0.15, 0.2) is 6.10 Å². The van der Waals surface area contributed by atoms with Crippen LogP contribution in [0.15, 0.2) is 24.3 Å². The molecule has 0 aromatic carbocycles. The Kier molecular flexibility index (Phi) is 39.7. The minimum absolute atomic E-state index is 0.0424. The average molecular weight is 765 g/mol. The normalized spacial score (nSPS) is 12.6. The zero-order valence-corrected chi connectivity index (χ0v) is 35.5. The second-order valence-corrected chi connectivity index (χ2v) is 15.8. The highest BCUT2D eigenvalue weighted by molar-refractivity contribution is 5.71. The lowest BCUT2D eigenvalue weighted by molar-refractivity contribution is -0.364. The highest BCUT2D eigenvalue weighted by Gasteiger charge is 2.44. The third-order valence-corrected chi connectivity index (χ3v) is 10.4. The predicted molar refractivity (Wildman–Crippen MR) is 226 cm³/mol. The molecule has 0 saturated carbocycles. The molecule has 318 valence electrons. The summed E-state index contributed by atoms with van der Waals surface area (Å²) in [6, 6.07) is 0. The summed E-state index contributed by atoms with van der Waals surface area (Å²) in [7, 11) is 0. The third kappa shape index (κ3) is 36.0. The van der Waals surface area contributed by atoms with E-state index in [2.05, 4.69) is 38.2 Å². The van der Waals surface area contributed by atoms with Gasteiger partial charge < -0.3 is 24.8 Å². The second-order valence-electron chi connectivity index (χ2n) is 15.8. The number of aliphatic hydroxyl groups excluding tert-OH is 2. The summed E-state index contributed by atoms with van der Waals surface area (Å²) < 4.78 is 9.99. The fraction of sp³-hybridized carbons (Fsp3) is 0.872. The molecule has 1 atom stereocenters. The molecule has 0 aliphatic heterocycles. The summed E-state index contributed by atoms with van der Waals surface area (Å²) in [5.74, 6) is -4.41. The Morgan fingerprint density at radius 3 is 0.944 bits per heavy atom. The number of rotatable bonds is 42. The van der Waals surface area contributed by atoms with Crippen LogP contribution in [0.5, 0.6) is 0 Å². The van der Waals surface area contributed by atoms with Crippen molar-refractivity contribution < 1.29 is 34.4 Å². The van der Waals surface area contributed by atoms with Crippen LogP contribution in [0.4, 0.5) is 0 Å². The SMILES string of the molecule is CCCCCCCC/C=C\CCCCCCCCCCCC(=O)OC(O)(OC(=O)CCCCCCCCCCC/C=C\CCCCCCCC)C(O)CO. The van der Waals surface area contributed by atoms with Gasteiger partial charge in [0.1, 0.15) is 0 Å². The van der Waals surface area contributed by atoms with E-state index in [1.54, 1.807) is 0 Å². The van der Waals surface area contributed by atoms with Crippen LogP contribution in [-0.4, -0.2) is 45.9 Å². The number of allylic oxidation sites excluding steroid dienone is 4. The first-order valence-corrected chi connectivity index (χ1v) is 23.1. The largest absolute Gasteiger partial charge is 0.403 e. The van der Waals surface area contributed by atoms with Crippen LogP contribution in [0, 0.1) is 0 Å². The number of hydrogen-bond donors (Lipinski definition) is 3. The Morgan fingerprint density at radius 2 is 0.685 bits per heavy atom.